The van der Waals surface area contributed by atoms with Gasteiger partial charge in [-0.15, -0.1) is 0 Å². The summed E-state index contributed by atoms with van der Waals surface area (Å²) in [5.41, 5.74) is 0.813. The maximum Gasteiger partial charge on any atom is 0.322 e. The smallest absolute Gasteiger partial charge is 0.322 e. The molecule has 3 atom stereocenters. The summed E-state index contributed by atoms with van der Waals surface area (Å²) < 4.78 is 21.8. The lowest BCUT2D eigenvalue weighted by atomic mass is 9.68. The van der Waals surface area contributed by atoms with Crippen molar-refractivity contribution in [2.45, 2.75) is 37.3 Å². The molecule has 1 N–H and O–H groups in total. The van der Waals surface area contributed by atoms with Crippen molar-refractivity contribution in [2.75, 3.05) is 13.6 Å². The maximum atomic E-state index is 14.0. The first-order valence-electron chi connectivity index (χ1n) is 11.8. The van der Waals surface area contributed by atoms with Crippen LogP contribution >= 0.6 is 0 Å². The largest absolute Gasteiger partial charge is 0.424 e. The number of H-pyrrole nitrogens is 1. The lowest BCUT2D eigenvalue weighted by Crippen LogP contribution is -2.56. The Morgan fingerprint density at radius 2 is 1.89 bits per heavy atom. The Kier molecular flexibility index (Phi) is 6.21. The summed E-state index contributed by atoms with van der Waals surface area (Å²) in [7, 11) is 2.11. The van der Waals surface area contributed by atoms with Crippen molar-refractivity contribution in [3.8, 4) is 11.8 Å². The number of rotatable bonds is 6. The molecule has 0 bridgehead atoms. The number of piperidine rings is 1. The van der Waals surface area contributed by atoms with Crippen LogP contribution in [0.2, 0.25) is 0 Å². The van der Waals surface area contributed by atoms with Crippen molar-refractivity contribution < 1.29 is 9.13 Å². The van der Waals surface area contributed by atoms with E-state index in [1.54, 1.807) is 24.5 Å². The number of likely N-dealkylation sites (N-methyl/N-ethyl adjacent to an activating group) is 1. The first-order valence-corrected chi connectivity index (χ1v) is 11.8. The van der Waals surface area contributed by atoms with E-state index in [-0.39, 0.29) is 29.3 Å². The van der Waals surface area contributed by atoms with Crippen LogP contribution in [0.5, 0.6) is 11.8 Å². The summed E-state index contributed by atoms with van der Waals surface area (Å²) in [5.74, 6) is 0.169. The fourth-order valence-corrected chi connectivity index (χ4v) is 5.26. The molecule has 7 nitrogen and oxygen atoms in total. The highest BCUT2D eigenvalue weighted by Crippen LogP contribution is 2.48. The van der Waals surface area contributed by atoms with Crippen molar-refractivity contribution in [1.29, 1.82) is 0 Å². The van der Waals surface area contributed by atoms with E-state index < -0.39 is 5.54 Å². The first-order chi connectivity index (χ1) is 17.0. The molecule has 35 heavy (non-hydrogen) atoms. The van der Waals surface area contributed by atoms with E-state index in [9.17, 15) is 9.18 Å². The molecule has 2 aromatic carbocycles. The molecule has 0 aliphatic carbocycles. The number of benzene rings is 2. The van der Waals surface area contributed by atoms with E-state index in [2.05, 4.69) is 29.0 Å². The van der Waals surface area contributed by atoms with E-state index in [1.165, 1.54) is 18.2 Å². The van der Waals surface area contributed by atoms with Gasteiger partial charge in [-0.3, -0.25) is 14.6 Å². The third kappa shape index (κ3) is 4.37. The van der Waals surface area contributed by atoms with Crippen LogP contribution in [0.4, 0.5) is 4.39 Å². The molecule has 180 valence electrons. The van der Waals surface area contributed by atoms with Gasteiger partial charge in [-0.05, 0) is 55.8 Å². The predicted octanol–water partition coefficient (Wildman–Crippen LogP) is 4.54. The third-order valence-electron chi connectivity index (χ3n) is 7.03. The molecule has 1 saturated heterocycles. The van der Waals surface area contributed by atoms with Gasteiger partial charge in [0.25, 0.3) is 5.56 Å². The van der Waals surface area contributed by atoms with Gasteiger partial charge in [0.15, 0.2) is 0 Å². The zero-order chi connectivity index (χ0) is 24.4. The zero-order valence-corrected chi connectivity index (χ0v) is 19.8. The van der Waals surface area contributed by atoms with E-state index in [4.69, 9.17) is 9.72 Å². The van der Waals surface area contributed by atoms with Crippen LogP contribution in [0.3, 0.4) is 0 Å². The van der Waals surface area contributed by atoms with Gasteiger partial charge in [0.2, 0.25) is 0 Å². The van der Waals surface area contributed by atoms with Gasteiger partial charge in [-0.25, -0.2) is 9.37 Å². The van der Waals surface area contributed by atoms with Gasteiger partial charge in [-0.2, -0.15) is 4.98 Å². The minimum Gasteiger partial charge on any atom is -0.424 e. The van der Waals surface area contributed by atoms with E-state index in [0.717, 1.165) is 17.7 Å². The van der Waals surface area contributed by atoms with E-state index in [0.29, 0.717) is 18.7 Å². The summed E-state index contributed by atoms with van der Waals surface area (Å²) in [6, 6.07) is 19.9. The number of halogens is 1. The molecule has 0 radical (unpaired) electrons. The lowest BCUT2D eigenvalue weighted by molar-refractivity contribution is 0.0632. The molecular formula is C27H28FN5O2. The van der Waals surface area contributed by atoms with E-state index in [1.807, 2.05) is 41.1 Å². The van der Waals surface area contributed by atoms with Crippen LogP contribution in [0.15, 0.2) is 83.9 Å². The Morgan fingerprint density at radius 3 is 2.57 bits per heavy atom. The maximum absolute atomic E-state index is 14.0. The summed E-state index contributed by atoms with van der Waals surface area (Å²) in [5, 5.41) is 2.99. The standard InChI is InChI=1S/C27H28FN5O2/c1-3-21-17-27(33-16-14-25(34)31-33,19-9-11-20(28)12-10-19)23(18-32(21)2)24-13-15-29-26(30-24)35-22-7-5-4-6-8-22/h4-16,21,23H,3,17-18H2,1-2H3,(H,31,34). The van der Waals surface area contributed by atoms with Gasteiger partial charge < -0.3 is 9.64 Å². The number of nitrogens with one attached hydrogen (secondary N) is 1. The highest BCUT2D eigenvalue weighted by atomic mass is 19.1. The summed E-state index contributed by atoms with van der Waals surface area (Å²) in [6.45, 7) is 2.84. The van der Waals surface area contributed by atoms with Gasteiger partial charge in [0.1, 0.15) is 11.6 Å². The van der Waals surface area contributed by atoms with Gasteiger partial charge in [0, 0.05) is 37.0 Å². The topological polar surface area (TPSA) is 76.0 Å². The van der Waals surface area contributed by atoms with Crippen LogP contribution < -0.4 is 10.3 Å². The number of nitrogens with zero attached hydrogens (tertiary/aromatic N) is 4. The number of hydrogen-bond donors (Lipinski definition) is 1. The Bertz CT molecular complexity index is 1340. The van der Waals surface area contributed by atoms with Crippen LogP contribution in [0.1, 0.15) is 36.9 Å². The monoisotopic (exact) mass is 473 g/mol. The highest BCUT2D eigenvalue weighted by Gasteiger charge is 2.50. The predicted molar refractivity (Wildman–Crippen MR) is 131 cm³/mol. The Hall–Kier alpha value is -3.78. The fourth-order valence-electron chi connectivity index (χ4n) is 5.26. The average Bonchev–Trinajstić information content (AvgIpc) is 3.32. The number of hydrogen-bond acceptors (Lipinski definition) is 5. The minimum absolute atomic E-state index is 0.176. The summed E-state index contributed by atoms with van der Waals surface area (Å²) >= 11 is 0. The number of para-hydroxylation sites is 1. The second-order valence-corrected chi connectivity index (χ2v) is 9.03. The van der Waals surface area contributed by atoms with Gasteiger partial charge in [0.05, 0.1) is 11.2 Å². The van der Waals surface area contributed by atoms with Crippen molar-refractivity contribution in [1.82, 2.24) is 24.6 Å². The highest BCUT2D eigenvalue weighted by molar-refractivity contribution is 5.35. The molecule has 1 aliphatic rings. The van der Waals surface area contributed by atoms with Crippen LogP contribution in [-0.4, -0.2) is 44.3 Å². The molecule has 1 aliphatic heterocycles. The lowest BCUT2D eigenvalue weighted by Gasteiger charge is -2.51. The molecule has 2 aromatic heterocycles. The molecule has 1 fully saturated rings. The first kappa shape index (κ1) is 23.0. The SMILES string of the molecule is CCC1CC(c2ccc(F)cc2)(n2ccc(=O)[nH]2)C(c2ccnc(Oc3ccccc3)n2)CN1C. The molecule has 0 saturated carbocycles. The van der Waals surface area contributed by atoms with Crippen LogP contribution in [0.25, 0.3) is 0 Å². The molecule has 0 amide bonds. The van der Waals surface area contributed by atoms with Crippen LogP contribution in [0, 0.1) is 5.82 Å². The number of aromatic amines is 1. The number of likely N-dealkylation sites (tertiary alicyclic amines) is 1. The Morgan fingerprint density at radius 1 is 1.11 bits per heavy atom. The summed E-state index contributed by atoms with van der Waals surface area (Å²) in [4.78, 5) is 23.7. The molecule has 4 aromatic rings. The van der Waals surface area contributed by atoms with Crippen LogP contribution in [-0.2, 0) is 5.54 Å². The third-order valence-corrected chi connectivity index (χ3v) is 7.03. The molecule has 8 heteroatoms. The molecule has 5 rings (SSSR count). The number of aromatic nitrogens is 4. The minimum atomic E-state index is -0.693. The summed E-state index contributed by atoms with van der Waals surface area (Å²) in [6.07, 6.45) is 5.11. The normalized spacial score (nSPS) is 22.7. The Balaban J connectivity index is 1.66. The van der Waals surface area contributed by atoms with Crippen molar-refractivity contribution in [3.05, 3.63) is 107 Å². The van der Waals surface area contributed by atoms with E-state index >= 15 is 0 Å². The molecular weight excluding hydrogens is 445 g/mol. The second kappa shape index (κ2) is 9.46. The van der Waals surface area contributed by atoms with Crippen molar-refractivity contribution in [2.24, 2.45) is 0 Å². The van der Waals surface area contributed by atoms with Gasteiger partial charge in [-0.1, -0.05) is 37.3 Å². The van der Waals surface area contributed by atoms with Crippen molar-refractivity contribution in [3.63, 3.8) is 0 Å². The molecule has 3 unspecified atom stereocenters. The molecule has 3 heterocycles. The fraction of sp³-hybridized carbons (Fsp3) is 0.296. The quantitative estimate of drug-likeness (QED) is 0.445. The van der Waals surface area contributed by atoms with Gasteiger partial charge >= 0.3 is 6.01 Å². The molecule has 0 spiro atoms. The number of ether oxygens (including phenoxy) is 1. The average molecular weight is 474 g/mol. The van der Waals surface area contributed by atoms with Crippen molar-refractivity contribution >= 4 is 0 Å². The zero-order valence-electron chi connectivity index (χ0n) is 19.8. The Labute approximate surface area is 203 Å². The second-order valence-electron chi connectivity index (χ2n) is 9.03.